The van der Waals surface area contributed by atoms with Gasteiger partial charge in [-0.15, -0.1) is 0 Å². The Kier molecular flexibility index (Phi) is 11.4. The van der Waals surface area contributed by atoms with Crippen LogP contribution in [0.4, 0.5) is 5.69 Å². The van der Waals surface area contributed by atoms with E-state index in [4.69, 9.17) is 9.47 Å². The number of amides is 2. The molecule has 0 aliphatic rings. The fraction of sp³-hybridized carbons (Fsp3) is 0.375. The SMILES string of the molecule is CCCCNC(=O)[C@@H](C)N(Cc1cccc(C)c1)C(=O)CN(c1ccc(OC)c(OC)c1)S(=O)(=O)c1ccc(C)cc1. The minimum Gasteiger partial charge on any atom is -0.493 e. The highest BCUT2D eigenvalue weighted by atomic mass is 32.2. The van der Waals surface area contributed by atoms with Crippen LogP contribution in [0.5, 0.6) is 11.5 Å². The summed E-state index contributed by atoms with van der Waals surface area (Å²) in [4.78, 5) is 28.7. The second-order valence-corrected chi connectivity index (χ2v) is 12.1. The number of unbranched alkanes of at least 4 members (excludes halogenated alkanes) is 1. The van der Waals surface area contributed by atoms with Gasteiger partial charge in [-0.2, -0.15) is 0 Å². The third-order valence-electron chi connectivity index (χ3n) is 6.98. The molecule has 9 nitrogen and oxygen atoms in total. The third-order valence-corrected chi connectivity index (χ3v) is 8.76. The van der Waals surface area contributed by atoms with E-state index in [-0.39, 0.29) is 23.0 Å². The fourth-order valence-corrected chi connectivity index (χ4v) is 5.88. The molecule has 1 atom stereocenters. The van der Waals surface area contributed by atoms with Crippen molar-refractivity contribution in [3.63, 3.8) is 0 Å². The molecule has 0 saturated heterocycles. The molecule has 3 rings (SSSR count). The highest BCUT2D eigenvalue weighted by Crippen LogP contribution is 2.34. The van der Waals surface area contributed by atoms with Gasteiger partial charge < -0.3 is 19.7 Å². The summed E-state index contributed by atoms with van der Waals surface area (Å²) in [6.07, 6.45) is 1.73. The zero-order chi connectivity index (χ0) is 30.9. The number of methoxy groups -OCH3 is 2. The number of anilines is 1. The van der Waals surface area contributed by atoms with E-state index in [2.05, 4.69) is 5.32 Å². The van der Waals surface area contributed by atoms with Crippen molar-refractivity contribution in [2.45, 2.75) is 58.0 Å². The van der Waals surface area contributed by atoms with Gasteiger partial charge in [-0.05, 0) is 57.0 Å². The van der Waals surface area contributed by atoms with Gasteiger partial charge in [0.05, 0.1) is 24.8 Å². The Morgan fingerprint density at radius 3 is 2.21 bits per heavy atom. The summed E-state index contributed by atoms with van der Waals surface area (Å²) in [5.41, 5.74) is 2.96. The van der Waals surface area contributed by atoms with Crippen molar-refractivity contribution >= 4 is 27.5 Å². The van der Waals surface area contributed by atoms with Gasteiger partial charge in [0.15, 0.2) is 11.5 Å². The molecule has 10 heteroatoms. The second kappa shape index (κ2) is 14.7. The van der Waals surface area contributed by atoms with E-state index in [1.54, 1.807) is 31.2 Å². The Bertz CT molecular complexity index is 1470. The summed E-state index contributed by atoms with van der Waals surface area (Å²) in [7, 11) is -1.26. The van der Waals surface area contributed by atoms with E-state index >= 15 is 0 Å². The van der Waals surface area contributed by atoms with E-state index in [1.165, 1.54) is 37.3 Å². The summed E-state index contributed by atoms with van der Waals surface area (Å²) in [6.45, 7) is 7.58. The number of nitrogens with zero attached hydrogens (tertiary/aromatic N) is 2. The van der Waals surface area contributed by atoms with Crippen LogP contribution < -0.4 is 19.1 Å². The van der Waals surface area contributed by atoms with Crippen molar-refractivity contribution in [3.8, 4) is 11.5 Å². The summed E-state index contributed by atoms with van der Waals surface area (Å²) in [5, 5.41) is 2.89. The smallest absolute Gasteiger partial charge is 0.264 e. The van der Waals surface area contributed by atoms with Crippen LogP contribution in [0.25, 0.3) is 0 Å². The van der Waals surface area contributed by atoms with Gasteiger partial charge in [-0.25, -0.2) is 8.42 Å². The molecule has 0 aromatic heterocycles. The van der Waals surface area contributed by atoms with Crippen molar-refractivity contribution in [2.24, 2.45) is 0 Å². The molecule has 0 fully saturated rings. The number of aryl methyl sites for hydroxylation is 2. The summed E-state index contributed by atoms with van der Waals surface area (Å²) in [5.74, 6) is -0.103. The van der Waals surface area contributed by atoms with Crippen LogP contribution in [-0.4, -0.2) is 58.5 Å². The van der Waals surface area contributed by atoms with Crippen molar-refractivity contribution in [1.82, 2.24) is 10.2 Å². The molecule has 226 valence electrons. The van der Waals surface area contributed by atoms with Crippen LogP contribution >= 0.6 is 0 Å². The average molecular weight is 596 g/mol. The summed E-state index contributed by atoms with van der Waals surface area (Å²) in [6, 6.07) is 17.9. The zero-order valence-electron chi connectivity index (χ0n) is 25.2. The largest absolute Gasteiger partial charge is 0.493 e. The first kappa shape index (κ1) is 32.5. The molecule has 1 N–H and O–H groups in total. The molecule has 0 bridgehead atoms. The monoisotopic (exact) mass is 595 g/mol. The first-order valence-corrected chi connectivity index (χ1v) is 15.4. The normalized spacial score (nSPS) is 11.9. The van der Waals surface area contributed by atoms with Gasteiger partial charge in [-0.3, -0.25) is 13.9 Å². The summed E-state index contributed by atoms with van der Waals surface area (Å²) < 4.78 is 39.9. The summed E-state index contributed by atoms with van der Waals surface area (Å²) >= 11 is 0. The van der Waals surface area contributed by atoms with Crippen LogP contribution in [0.2, 0.25) is 0 Å². The topological polar surface area (TPSA) is 105 Å². The Morgan fingerprint density at radius 2 is 1.60 bits per heavy atom. The lowest BCUT2D eigenvalue weighted by atomic mass is 10.1. The molecule has 0 unspecified atom stereocenters. The van der Waals surface area contributed by atoms with E-state index in [0.29, 0.717) is 18.0 Å². The molecule has 0 saturated carbocycles. The van der Waals surface area contributed by atoms with Crippen molar-refractivity contribution in [3.05, 3.63) is 83.4 Å². The molecular weight excluding hydrogens is 554 g/mol. The highest BCUT2D eigenvalue weighted by molar-refractivity contribution is 7.92. The number of sulfonamides is 1. The zero-order valence-corrected chi connectivity index (χ0v) is 26.0. The first-order valence-electron chi connectivity index (χ1n) is 14.0. The van der Waals surface area contributed by atoms with Gasteiger partial charge in [0, 0.05) is 19.2 Å². The average Bonchev–Trinajstić information content (AvgIpc) is 2.98. The van der Waals surface area contributed by atoms with Crippen LogP contribution in [0, 0.1) is 13.8 Å². The number of hydrogen-bond donors (Lipinski definition) is 1. The molecule has 0 heterocycles. The maximum atomic E-state index is 14.1. The van der Waals surface area contributed by atoms with Gasteiger partial charge >= 0.3 is 0 Å². The standard InChI is InChI=1S/C32H41N3O6S/c1-7-8-18-33-32(37)25(4)34(21-26-11-9-10-24(3)19-26)31(36)22-35(27-14-17-29(40-5)30(20-27)41-6)42(38,39)28-15-12-23(2)13-16-28/h9-17,19-20,25H,7-8,18,21-22H2,1-6H3,(H,33,37)/t25-/m1/s1. The number of carbonyl (C=O) groups is 2. The second-order valence-electron chi connectivity index (χ2n) is 10.2. The number of rotatable bonds is 14. The molecule has 3 aromatic carbocycles. The van der Waals surface area contributed by atoms with Crippen LogP contribution in [0.3, 0.4) is 0 Å². The number of benzene rings is 3. The predicted octanol–water partition coefficient (Wildman–Crippen LogP) is 4.85. The fourth-order valence-electron chi connectivity index (χ4n) is 4.47. The Morgan fingerprint density at radius 1 is 0.905 bits per heavy atom. The minimum absolute atomic E-state index is 0.0336. The number of hydrogen-bond acceptors (Lipinski definition) is 6. The van der Waals surface area contributed by atoms with Crippen molar-refractivity contribution in [1.29, 1.82) is 0 Å². The lowest BCUT2D eigenvalue weighted by molar-refractivity contribution is -0.139. The molecule has 3 aromatic rings. The number of carbonyl (C=O) groups excluding carboxylic acids is 2. The Balaban J connectivity index is 2.06. The quantitative estimate of drug-likeness (QED) is 0.267. The van der Waals surface area contributed by atoms with Gasteiger partial charge in [0.1, 0.15) is 12.6 Å². The van der Waals surface area contributed by atoms with Crippen LogP contribution in [-0.2, 0) is 26.2 Å². The number of nitrogens with one attached hydrogen (secondary N) is 1. The third kappa shape index (κ3) is 8.03. The highest BCUT2D eigenvalue weighted by Gasteiger charge is 2.33. The van der Waals surface area contributed by atoms with E-state index in [9.17, 15) is 18.0 Å². The predicted molar refractivity (Wildman–Crippen MR) is 164 cm³/mol. The van der Waals surface area contributed by atoms with Crippen molar-refractivity contribution in [2.75, 3.05) is 31.6 Å². The van der Waals surface area contributed by atoms with Crippen LogP contribution in [0.1, 0.15) is 43.4 Å². The maximum Gasteiger partial charge on any atom is 0.264 e. The van der Waals surface area contributed by atoms with E-state index in [1.807, 2.05) is 45.0 Å². The lowest BCUT2D eigenvalue weighted by Gasteiger charge is -2.32. The molecule has 0 radical (unpaired) electrons. The molecule has 0 spiro atoms. The van der Waals surface area contributed by atoms with Gasteiger partial charge in [-0.1, -0.05) is 60.9 Å². The Labute approximate surface area is 249 Å². The molecule has 2 amide bonds. The number of ether oxygens (including phenoxy) is 2. The lowest BCUT2D eigenvalue weighted by Crippen LogP contribution is -2.51. The van der Waals surface area contributed by atoms with Gasteiger partial charge in [0.25, 0.3) is 10.0 Å². The molecule has 42 heavy (non-hydrogen) atoms. The van der Waals surface area contributed by atoms with E-state index in [0.717, 1.165) is 33.8 Å². The Hall–Kier alpha value is -4.05. The first-order chi connectivity index (χ1) is 20.0. The maximum absolute atomic E-state index is 14.1. The van der Waals surface area contributed by atoms with Crippen molar-refractivity contribution < 1.29 is 27.5 Å². The molecule has 0 aliphatic carbocycles. The van der Waals surface area contributed by atoms with Gasteiger partial charge in [0.2, 0.25) is 11.8 Å². The molecular formula is C32H41N3O6S. The van der Waals surface area contributed by atoms with Crippen LogP contribution in [0.15, 0.2) is 71.6 Å². The molecule has 0 aliphatic heterocycles. The minimum atomic E-state index is -4.20. The van der Waals surface area contributed by atoms with E-state index < -0.39 is 28.5 Å².